The van der Waals surface area contributed by atoms with E-state index in [-0.39, 0.29) is 6.10 Å². The molecular weight excluding hydrogens is 326 g/mol. The lowest BCUT2D eigenvalue weighted by Gasteiger charge is -2.33. The first-order chi connectivity index (χ1) is 12.7. The molecule has 2 aliphatic rings. The Labute approximate surface area is 156 Å². The fraction of sp³-hybridized carbons (Fsp3) is 0.600. The second-order valence-electron chi connectivity index (χ2n) is 6.94. The van der Waals surface area contributed by atoms with Crippen LogP contribution in [-0.2, 0) is 4.74 Å². The van der Waals surface area contributed by atoms with Crippen molar-refractivity contribution in [3.8, 4) is 17.9 Å². The molecule has 0 unspecified atom stereocenters. The van der Waals surface area contributed by atoms with Crippen molar-refractivity contribution in [2.24, 2.45) is 0 Å². The van der Waals surface area contributed by atoms with Crippen molar-refractivity contribution in [3.05, 3.63) is 24.0 Å². The number of anilines is 1. The molecule has 0 saturated carbocycles. The van der Waals surface area contributed by atoms with Crippen molar-refractivity contribution in [1.82, 2.24) is 14.8 Å². The smallest absolute Gasteiger partial charge is 0.140 e. The maximum Gasteiger partial charge on any atom is 0.140 e. The van der Waals surface area contributed by atoms with Gasteiger partial charge in [-0.1, -0.05) is 11.8 Å². The summed E-state index contributed by atoms with van der Waals surface area (Å²) < 4.78 is 5.92. The fourth-order valence-corrected chi connectivity index (χ4v) is 3.30. The van der Waals surface area contributed by atoms with Crippen molar-refractivity contribution in [1.29, 1.82) is 5.26 Å². The summed E-state index contributed by atoms with van der Waals surface area (Å²) >= 11 is 0. The van der Waals surface area contributed by atoms with Crippen LogP contribution >= 0.6 is 0 Å². The molecule has 26 heavy (non-hydrogen) atoms. The molecule has 0 amide bonds. The van der Waals surface area contributed by atoms with Gasteiger partial charge in [-0.2, -0.15) is 5.26 Å². The van der Waals surface area contributed by atoms with E-state index in [1.807, 2.05) is 6.07 Å². The molecule has 6 heteroatoms. The normalized spacial score (nSPS) is 19.6. The summed E-state index contributed by atoms with van der Waals surface area (Å²) in [6.07, 6.45) is 4.07. The average molecular weight is 353 g/mol. The van der Waals surface area contributed by atoms with Gasteiger partial charge < -0.3 is 14.5 Å². The summed E-state index contributed by atoms with van der Waals surface area (Å²) in [5, 5.41) is 8.82. The number of nitriles is 1. The van der Waals surface area contributed by atoms with Gasteiger partial charge in [0.2, 0.25) is 0 Å². The lowest BCUT2D eigenvalue weighted by molar-refractivity contribution is 0.0594. The van der Waals surface area contributed by atoms with Crippen LogP contribution in [0.4, 0.5) is 5.69 Å². The number of ether oxygens (including phenoxy) is 1. The molecule has 0 atom stereocenters. The van der Waals surface area contributed by atoms with Crippen LogP contribution in [-0.4, -0.2) is 80.4 Å². The Bertz CT molecular complexity index is 656. The molecule has 1 aromatic heterocycles. The zero-order valence-electron chi connectivity index (χ0n) is 15.5. The molecule has 0 aromatic carbocycles. The molecule has 0 bridgehead atoms. The van der Waals surface area contributed by atoms with Crippen LogP contribution in [0.2, 0.25) is 0 Å². The highest BCUT2D eigenvalue weighted by atomic mass is 16.5. The molecule has 1 aromatic rings. The molecule has 138 valence electrons. The molecule has 0 N–H and O–H groups in total. The van der Waals surface area contributed by atoms with Gasteiger partial charge in [-0.15, -0.1) is 0 Å². The third kappa shape index (κ3) is 5.44. The third-order valence-corrected chi connectivity index (χ3v) is 5.08. The second kappa shape index (κ2) is 9.54. The zero-order chi connectivity index (χ0) is 18.2. The van der Waals surface area contributed by atoms with Gasteiger partial charge in [-0.25, -0.2) is 4.98 Å². The Balaban J connectivity index is 1.33. The molecule has 0 aliphatic carbocycles. The van der Waals surface area contributed by atoms with E-state index in [0.717, 1.165) is 64.3 Å². The number of nitrogens with zero attached hydrogens (tertiary/aromatic N) is 5. The highest BCUT2D eigenvalue weighted by molar-refractivity contribution is 5.46. The van der Waals surface area contributed by atoms with Gasteiger partial charge in [-0.05, 0) is 32.0 Å². The average Bonchev–Trinajstić information content (AvgIpc) is 2.70. The molecule has 2 aliphatic heterocycles. The van der Waals surface area contributed by atoms with Crippen LogP contribution in [0, 0.1) is 23.2 Å². The number of piperidine rings is 1. The zero-order valence-corrected chi connectivity index (χ0v) is 15.5. The van der Waals surface area contributed by atoms with E-state index in [1.165, 1.54) is 0 Å². The Hall–Kier alpha value is -2.12. The minimum absolute atomic E-state index is 0.288. The van der Waals surface area contributed by atoms with E-state index in [1.54, 1.807) is 12.3 Å². The molecular formula is C20H27N5O. The first-order valence-corrected chi connectivity index (χ1v) is 9.34. The Morgan fingerprint density at radius 2 is 1.88 bits per heavy atom. The van der Waals surface area contributed by atoms with Gasteiger partial charge in [0.05, 0.1) is 24.5 Å². The molecule has 3 rings (SSSR count). The van der Waals surface area contributed by atoms with Crippen LogP contribution < -0.4 is 4.90 Å². The van der Waals surface area contributed by atoms with Crippen LogP contribution in [0.3, 0.4) is 0 Å². The largest absolute Gasteiger partial charge is 0.370 e. The SMILES string of the molecule is CN1CCN(CC#CCOC2CCN(c3ccc(C#N)nc3)CC2)CC1. The summed E-state index contributed by atoms with van der Waals surface area (Å²) in [4.78, 5) is 11.2. The van der Waals surface area contributed by atoms with Crippen LogP contribution in [0.15, 0.2) is 18.3 Å². The summed E-state index contributed by atoms with van der Waals surface area (Å²) in [7, 11) is 2.17. The van der Waals surface area contributed by atoms with Gasteiger partial charge in [-0.3, -0.25) is 4.90 Å². The number of rotatable bonds is 4. The van der Waals surface area contributed by atoms with Crippen molar-refractivity contribution in [2.45, 2.75) is 18.9 Å². The van der Waals surface area contributed by atoms with Crippen LogP contribution in [0.1, 0.15) is 18.5 Å². The van der Waals surface area contributed by atoms with Crippen LogP contribution in [0.25, 0.3) is 0 Å². The maximum atomic E-state index is 8.82. The third-order valence-electron chi connectivity index (χ3n) is 5.08. The molecule has 0 spiro atoms. The number of aromatic nitrogens is 1. The highest BCUT2D eigenvalue weighted by Crippen LogP contribution is 2.20. The first kappa shape index (κ1) is 18.7. The van der Waals surface area contributed by atoms with Gasteiger partial charge in [0, 0.05) is 39.3 Å². The predicted molar refractivity (Wildman–Crippen MR) is 102 cm³/mol. The maximum absolute atomic E-state index is 8.82. The molecule has 0 radical (unpaired) electrons. The van der Waals surface area contributed by atoms with Crippen molar-refractivity contribution in [2.75, 3.05) is 64.4 Å². The lowest BCUT2D eigenvalue weighted by atomic mass is 10.1. The summed E-state index contributed by atoms with van der Waals surface area (Å²) in [6, 6.07) is 5.79. The number of hydrogen-bond acceptors (Lipinski definition) is 6. The van der Waals surface area contributed by atoms with Crippen molar-refractivity contribution >= 4 is 5.69 Å². The Kier molecular flexibility index (Phi) is 6.85. The van der Waals surface area contributed by atoms with E-state index in [4.69, 9.17) is 10.00 Å². The van der Waals surface area contributed by atoms with E-state index in [2.05, 4.69) is 44.6 Å². The molecule has 2 fully saturated rings. The van der Waals surface area contributed by atoms with Crippen molar-refractivity contribution in [3.63, 3.8) is 0 Å². The monoisotopic (exact) mass is 353 g/mol. The predicted octanol–water partition coefficient (Wildman–Crippen LogP) is 1.19. The van der Waals surface area contributed by atoms with E-state index in [0.29, 0.717) is 12.3 Å². The molecule has 2 saturated heterocycles. The van der Waals surface area contributed by atoms with E-state index < -0.39 is 0 Å². The fourth-order valence-electron chi connectivity index (χ4n) is 3.30. The van der Waals surface area contributed by atoms with Gasteiger partial charge in [0.1, 0.15) is 18.4 Å². The van der Waals surface area contributed by atoms with Gasteiger partial charge in [0.25, 0.3) is 0 Å². The number of pyridine rings is 1. The summed E-state index contributed by atoms with van der Waals surface area (Å²) in [5.74, 6) is 6.41. The van der Waals surface area contributed by atoms with Crippen LogP contribution in [0.5, 0.6) is 0 Å². The quantitative estimate of drug-likeness (QED) is 0.758. The lowest BCUT2D eigenvalue weighted by Crippen LogP contribution is -2.44. The van der Waals surface area contributed by atoms with Gasteiger partial charge >= 0.3 is 0 Å². The Morgan fingerprint density at radius 1 is 1.12 bits per heavy atom. The van der Waals surface area contributed by atoms with E-state index >= 15 is 0 Å². The molecule has 3 heterocycles. The summed E-state index contributed by atoms with van der Waals surface area (Å²) in [5.41, 5.74) is 1.54. The number of likely N-dealkylation sites (N-methyl/N-ethyl adjacent to an activating group) is 1. The van der Waals surface area contributed by atoms with Crippen molar-refractivity contribution < 1.29 is 4.74 Å². The first-order valence-electron chi connectivity index (χ1n) is 9.34. The Morgan fingerprint density at radius 3 is 2.54 bits per heavy atom. The second-order valence-corrected chi connectivity index (χ2v) is 6.94. The number of piperazine rings is 1. The number of hydrogen-bond donors (Lipinski definition) is 0. The van der Waals surface area contributed by atoms with Gasteiger partial charge in [0.15, 0.2) is 0 Å². The highest BCUT2D eigenvalue weighted by Gasteiger charge is 2.20. The van der Waals surface area contributed by atoms with E-state index in [9.17, 15) is 0 Å². The standard InChI is InChI=1S/C20H27N5O/c1-23-11-13-24(14-12-23)8-2-3-15-26-20-6-9-25(10-7-20)19-5-4-18(16-21)22-17-19/h4-5,17,20H,6-15H2,1H3. The summed E-state index contributed by atoms with van der Waals surface area (Å²) in [6.45, 7) is 7.75. The topological polar surface area (TPSA) is 55.6 Å². The molecule has 6 nitrogen and oxygen atoms in total. The minimum atomic E-state index is 0.288. The minimum Gasteiger partial charge on any atom is -0.370 e.